The zero-order valence-corrected chi connectivity index (χ0v) is 21.2. The topological polar surface area (TPSA) is 111 Å². The Morgan fingerprint density at radius 2 is 1.97 bits per heavy atom. The molecule has 13 heteroatoms. The number of rotatable bonds is 5. The molecule has 1 aromatic carbocycles. The van der Waals surface area contributed by atoms with E-state index in [4.69, 9.17) is 20.2 Å². The summed E-state index contributed by atoms with van der Waals surface area (Å²) >= 11 is 2.55. The van der Waals surface area contributed by atoms with Crippen molar-refractivity contribution >= 4 is 50.0 Å². The number of primary amides is 1. The van der Waals surface area contributed by atoms with Gasteiger partial charge in [0.2, 0.25) is 0 Å². The second-order valence-corrected chi connectivity index (χ2v) is 10.9. The fraction of sp³-hybridized carbons (Fsp3) is 0.455. The summed E-state index contributed by atoms with van der Waals surface area (Å²) in [5.74, 6) is -2.08. The van der Waals surface area contributed by atoms with Gasteiger partial charge >= 0.3 is 18.1 Å². The molecule has 3 heterocycles. The lowest BCUT2D eigenvalue weighted by Crippen LogP contribution is -2.55. The fourth-order valence-electron chi connectivity index (χ4n) is 3.63. The molecule has 0 aliphatic carbocycles. The van der Waals surface area contributed by atoms with E-state index in [1.54, 1.807) is 22.5 Å². The van der Waals surface area contributed by atoms with Gasteiger partial charge in [-0.2, -0.15) is 8.78 Å². The molecule has 0 unspecified atom stereocenters. The van der Waals surface area contributed by atoms with Crippen LogP contribution in [0.15, 0.2) is 23.7 Å². The molecule has 0 saturated carbocycles. The van der Waals surface area contributed by atoms with Gasteiger partial charge < -0.3 is 25.0 Å². The number of hydrogen-bond donors (Lipinski definition) is 1. The number of ether oxygens (including phenoxy) is 2. The van der Waals surface area contributed by atoms with Crippen LogP contribution in [0.25, 0.3) is 20.8 Å². The number of alkyl halides is 2. The van der Waals surface area contributed by atoms with E-state index >= 15 is 0 Å². The minimum atomic E-state index is -4.17. The summed E-state index contributed by atoms with van der Waals surface area (Å²) in [6.07, 6.45) is -2.92. The van der Waals surface area contributed by atoms with E-state index in [9.17, 15) is 18.4 Å². The van der Waals surface area contributed by atoms with Crippen molar-refractivity contribution in [3.8, 4) is 16.3 Å². The molecule has 188 valence electrons. The number of carbonyl (C=O) groups excluding carboxylic acids is 2. The van der Waals surface area contributed by atoms with Crippen molar-refractivity contribution in [3.63, 3.8) is 0 Å². The number of halogens is 2. The third kappa shape index (κ3) is 5.30. The second kappa shape index (κ2) is 9.19. The van der Waals surface area contributed by atoms with Crippen LogP contribution in [0.5, 0.6) is 5.75 Å². The summed E-state index contributed by atoms with van der Waals surface area (Å²) in [7, 11) is 0. The Morgan fingerprint density at radius 1 is 1.23 bits per heavy atom. The van der Waals surface area contributed by atoms with Crippen LogP contribution in [-0.4, -0.2) is 64.3 Å². The molecule has 9 nitrogen and oxygen atoms in total. The predicted molar refractivity (Wildman–Crippen MR) is 130 cm³/mol. The highest BCUT2D eigenvalue weighted by Crippen LogP contribution is 2.42. The number of fused-ring (bicyclic) bond motifs is 1. The van der Waals surface area contributed by atoms with Crippen molar-refractivity contribution in [3.05, 3.63) is 23.7 Å². The Kier molecular flexibility index (Phi) is 6.58. The number of carbonyl (C=O) groups is 2. The molecule has 1 saturated heterocycles. The van der Waals surface area contributed by atoms with Gasteiger partial charge in [0, 0.05) is 42.8 Å². The van der Waals surface area contributed by atoms with Crippen LogP contribution in [0, 0.1) is 0 Å². The highest BCUT2D eigenvalue weighted by molar-refractivity contribution is 7.22. The molecule has 1 fully saturated rings. The number of anilines is 1. The van der Waals surface area contributed by atoms with Crippen LogP contribution in [0.1, 0.15) is 27.7 Å². The summed E-state index contributed by atoms with van der Waals surface area (Å²) in [5, 5.41) is 3.05. The highest BCUT2D eigenvalue weighted by Gasteiger charge is 2.41. The molecule has 1 atom stereocenters. The largest absolute Gasteiger partial charge is 0.482 e. The Labute approximate surface area is 208 Å². The lowest BCUT2D eigenvalue weighted by atomic mass is 10.2. The number of amides is 2. The molecular formula is C22H25F2N5O4S2. The number of piperazine rings is 1. The van der Waals surface area contributed by atoms with Gasteiger partial charge in [-0.05, 0) is 39.8 Å². The van der Waals surface area contributed by atoms with Crippen molar-refractivity contribution in [2.45, 2.75) is 45.4 Å². The van der Waals surface area contributed by atoms with E-state index in [-0.39, 0.29) is 17.9 Å². The zero-order chi connectivity index (χ0) is 25.5. The van der Waals surface area contributed by atoms with Crippen LogP contribution in [-0.2, 0) is 9.53 Å². The van der Waals surface area contributed by atoms with Gasteiger partial charge in [-0.15, -0.1) is 11.3 Å². The first-order valence-electron chi connectivity index (χ1n) is 10.8. The van der Waals surface area contributed by atoms with Gasteiger partial charge in [0.25, 0.3) is 0 Å². The maximum atomic E-state index is 14.0. The average Bonchev–Trinajstić information content (AvgIpc) is 3.43. The standard InChI is InChI=1S/C22H25F2N5O4S2/c1-12-11-28(8-9-29(12)20(31)33-21(2,3)4)19-27-15-13(17-26-7-10-34-17)5-6-14(16(15)35-19)32-22(23,24)18(25)30/h5-7,10,12H,8-9,11H2,1-4H3,(H2,25,30)/t12-/m0/s1. The van der Waals surface area contributed by atoms with E-state index in [0.29, 0.717) is 45.6 Å². The highest BCUT2D eigenvalue weighted by atomic mass is 32.1. The molecule has 2 amide bonds. The van der Waals surface area contributed by atoms with E-state index in [0.717, 1.165) is 11.3 Å². The molecule has 1 aliphatic rings. The third-order valence-electron chi connectivity index (χ3n) is 5.21. The predicted octanol–water partition coefficient (Wildman–Crippen LogP) is 4.32. The number of hydrogen-bond acceptors (Lipinski definition) is 9. The molecule has 2 N–H and O–H groups in total. The van der Waals surface area contributed by atoms with Gasteiger partial charge in [-0.1, -0.05) is 11.3 Å². The SMILES string of the molecule is C[C@H]1CN(c2nc3c(-c4nccs4)ccc(OC(F)(F)C(N)=O)c3s2)CCN1C(=O)OC(C)(C)C. The summed E-state index contributed by atoms with van der Waals surface area (Å²) in [6, 6.07) is 2.78. The fourth-order valence-corrected chi connectivity index (χ4v) is 5.37. The van der Waals surface area contributed by atoms with Crippen molar-refractivity contribution in [2.24, 2.45) is 5.73 Å². The normalized spacial score (nSPS) is 17.0. The number of thiazole rings is 2. The zero-order valence-electron chi connectivity index (χ0n) is 19.6. The minimum absolute atomic E-state index is 0.168. The molecule has 4 rings (SSSR count). The minimum Gasteiger partial charge on any atom is -0.444 e. The Hall–Kier alpha value is -3.06. The van der Waals surface area contributed by atoms with Crippen LogP contribution >= 0.6 is 22.7 Å². The summed E-state index contributed by atoms with van der Waals surface area (Å²) < 4.78 is 38.6. The lowest BCUT2D eigenvalue weighted by molar-refractivity contribution is -0.188. The van der Waals surface area contributed by atoms with E-state index in [1.807, 2.05) is 32.6 Å². The molecule has 2 aromatic heterocycles. The monoisotopic (exact) mass is 525 g/mol. The van der Waals surface area contributed by atoms with Gasteiger partial charge in [0.15, 0.2) is 5.13 Å². The van der Waals surface area contributed by atoms with Gasteiger partial charge in [0.05, 0.1) is 10.2 Å². The van der Waals surface area contributed by atoms with Crippen molar-refractivity contribution in [1.82, 2.24) is 14.9 Å². The van der Waals surface area contributed by atoms with Crippen molar-refractivity contribution in [2.75, 3.05) is 24.5 Å². The van der Waals surface area contributed by atoms with Crippen LogP contribution in [0.2, 0.25) is 0 Å². The number of aromatic nitrogens is 2. The molecule has 0 spiro atoms. The van der Waals surface area contributed by atoms with Crippen LogP contribution < -0.4 is 15.4 Å². The first-order chi connectivity index (χ1) is 16.4. The van der Waals surface area contributed by atoms with Gasteiger partial charge in [-0.25, -0.2) is 14.8 Å². The van der Waals surface area contributed by atoms with Gasteiger partial charge in [0.1, 0.15) is 16.4 Å². The van der Waals surface area contributed by atoms with Crippen molar-refractivity contribution in [1.29, 1.82) is 0 Å². The smallest absolute Gasteiger partial charge is 0.444 e. The molecule has 35 heavy (non-hydrogen) atoms. The number of nitrogens with zero attached hydrogens (tertiary/aromatic N) is 4. The Balaban J connectivity index is 1.66. The summed E-state index contributed by atoms with van der Waals surface area (Å²) in [5.41, 5.74) is 5.29. The quantitative estimate of drug-likeness (QED) is 0.528. The summed E-state index contributed by atoms with van der Waals surface area (Å²) in [4.78, 5) is 36.4. The number of benzene rings is 1. The molecule has 0 bridgehead atoms. The van der Waals surface area contributed by atoms with E-state index < -0.39 is 17.6 Å². The molecule has 0 radical (unpaired) electrons. The Morgan fingerprint density at radius 3 is 2.57 bits per heavy atom. The van der Waals surface area contributed by atoms with E-state index in [1.165, 1.54) is 17.4 Å². The summed E-state index contributed by atoms with van der Waals surface area (Å²) in [6.45, 7) is 8.71. The first kappa shape index (κ1) is 25.0. The van der Waals surface area contributed by atoms with E-state index in [2.05, 4.69) is 4.98 Å². The second-order valence-electron chi connectivity index (χ2n) is 9.07. The number of nitrogens with two attached hydrogens (primary N) is 1. The molecule has 1 aliphatic heterocycles. The van der Waals surface area contributed by atoms with Crippen molar-refractivity contribution < 1.29 is 27.8 Å². The van der Waals surface area contributed by atoms with Gasteiger partial charge in [-0.3, -0.25) is 4.79 Å². The maximum absolute atomic E-state index is 14.0. The first-order valence-corrected chi connectivity index (χ1v) is 12.5. The van der Waals surface area contributed by atoms with Crippen LogP contribution in [0.4, 0.5) is 18.7 Å². The third-order valence-corrected chi connectivity index (χ3v) is 7.15. The van der Waals surface area contributed by atoms with Crippen LogP contribution in [0.3, 0.4) is 0 Å². The average molecular weight is 526 g/mol. The molecular weight excluding hydrogens is 500 g/mol. The molecule has 3 aromatic rings. The maximum Gasteiger partial charge on any atom is 0.482 e. The lowest BCUT2D eigenvalue weighted by Gasteiger charge is -2.40. The Bertz CT molecular complexity index is 1240.